The first-order chi connectivity index (χ1) is 10.7. The molecule has 1 aliphatic rings. The van der Waals surface area contributed by atoms with Crippen molar-refractivity contribution in [3.63, 3.8) is 0 Å². The standard InChI is InChI=1S/C13H13N7O2/c14-6-9-2-1-5-19(9)11(21)7-16-12(22)10-3-4-15-13-17-8-18-20(10)13/h3-4,8-9H,1-2,5,7H2,(H,16,22). The van der Waals surface area contributed by atoms with Gasteiger partial charge in [0.2, 0.25) is 5.91 Å². The summed E-state index contributed by atoms with van der Waals surface area (Å²) in [6.07, 6.45) is 4.24. The maximum atomic E-state index is 12.2. The molecule has 9 nitrogen and oxygen atoms in total. The number of rotatable bonds is 3. The van der Waals surface area contributed by atoms with Gasteiger partial charge in [-0.15, -0.1) is 0 Å². The van der Waals surface area contributed by atoms with Crippen LogP contribution in [0.1, 0.15) is 23.3 Å². The first-order valence-electron chi connectivity index (χ1n) is 6.82. The summed E-state index contributed by atoms with van der Waals surface area (Å²) >= 11 is 0. The van der Waals surface area contributed by atoms with Gasteiger partial charge in [-0.25, -0.2) is 4.98 Å². The largest absolute Gasteiger partial charge is 0.342 e. The number of nitrogens with zero attached hydrogens (tertiary/aromatic N) is 6. The number of hydrogen-bond acceptors (Lipinski definition) is 6. The number of aromatic nitrogens is 4. The van der Waals surface area contributed by atoms with Gasteiger partial charge in [0, 0.05) is 12.7 Å². The van der Waals surface area contributed by atoms with Gasteiger partial charge in [0.25, 0.3) is 11.7 Å². The van der Waals surface area contributed by atoms with E-state index < -0.39 is 11.9 Å². The summed E-state index contributed by atoms with van der Waals surface area (Å²) in [7, 11) is 0. The van der Waals surface area contributed by atoms with Crippen LogP contribution in [0.2, 0.25) is 0 Å². The Morgan fingerprint density at radius 2 is 2.32 bits per heavy atom. The Morgan fingerprint density at radius 1 is 1.45 bits per heavy atom. The van der Waals surface area contributed by atoms with E-state index in [1.54, 1.807) is 0 Å². The minimum Gasteiger partial charge on any atom is -0.342 e. The number of hydrogen-bond donors (Lipinski definition) is 1. The van der Waals surface area contributed by atoms with Crippen LogP contribution in [0.3, 0.4) is 0 Å². The minimum absolute atomic E-state index is 0.157. The predicted molar refractivity (Wildman–Crippen MR) is 73.5 cm³/mol. The number of fused-ring (bicyclic) bond motifs is 1. The molecule has 22 heavy (non-hydrogen) atoms. The molecule has 112 valence electrons. The number of amides is 2. The van der Waals surface area contributed by atoms with Crippen LogP contribution in [-0.2, 0) is 4.79 Å². The monoisotopic (exact) mass is 299 g/mol. The molecule has 0 spiro atoms. The number of nitriles is 1. The Morgan fingerprint density at radius 3 is 3.14 bits per heavy atom. The van der Waals surface area contributed by atoms with Crippen LogP contribution in [0, 0.1) is 11.3 Å². The van der Waals surface area contributed by atoms with E-state index in [0.29, 0.717) is 18.7 Å². The van der Waals surface area contributed by atoms with E-state index in [0.717, 1.165) is 6.42 Å². The fourth-order valence-corrected chi connectivity index (χ4v) is 2.46. The van der Waals surface area contributed by atoms with E-state index in [9.17, 15) is 9.59 Å². The maximum Gasteiger partial charge on any atom is 0.270 e. The van der Waals surface area contributed by atoms with E-state index in [4.69, 9.17) is 5.26 Å². The summed E-state index contributed by atoms with van der Waals surface area (Å²) in [5.41, 5.74) is 0.244. The van der Waals surface area contributed by atoms with Crippen molar-refractivity contribution in [2.45, 2.75) is 18.9 Å². The second-order valence-electron chi connectivity index (χ2n) is 4.86. The zero-order valence-corrected chi connectivity index (χ0v) is 11.6. The Kier molecular flexibility index (Phi) is 3.65. The molecule has 0 radical (unpaired) electrons. The Hall–Kier alpha value is -3.02. The molecule has 1 unspecified atom stereocenters. The van der Waals surface area contributed by atoms with Crippen molar-refractivity contribution in [3.8, 4) is 6.07 Å². The van der Waals surface area contributed by atoms with Crippen LogP contribution >= 0.6 is 0 Å². The van der Waals surface area contributed by atoms with Gasteiger partial charge in [0.1, 0.15) is 18.1 Å². The summed E-state index contributed by atoms with van der Waals surface area (Å²) in [5, 5.41) is 15.4. The average Bonchev–Trinajstić information content (AvgIpc) is 3.19. The number of likely N-dealkylation sites (tertiary alicyclic amines) is 1. The molecule has 1 saturated heterocycles. The van der Waals surface area contributed by atoms with Gasteiger partial charge in [-0.2, -0.15) is 19.9 Å². The lowest BCUT2D eigenvalue weighted by Gasteiger charge is -2.19. The first kappa shape index (κ1) is 13.9. The quantitative estimate of drug-likeness (QED) is 0.806. The van der Waals surface area contributed by atoms with Gasteiger partial charge in [0.15, 0.2) is 0 Å². The van der Waals surface area contributed by atoms with Crippen LogP contribution in [0.4, 0.5) is 0 Å². The fraction of sp³-hybridized carbons (Fsp3) is 0.385. The van der Waals surface area contributed by atoms with Crippen molar-refractivity contribution < 1.29 is 9.59 Å². The van der Waals surface area contributed by atoms with Crippen LogP contribution in [0.15, 0.2) is 18.6 Å². The van der Waals surface area contributed by atoms with Gasteiger partial charge < -0.3 is 10.2 Å². The fourth-order valence-electron chi connectivity index (χ4n) is 2.46. The summed E-state index contributed by atoms with van der Waals surface area (Å²) in [4.78, 5) is 33.6. The lowest BCUT2D eigenvalue weighted by molar-refractivity contribution is -0.130. The van der Waals surface area contributed by atoms with Crippen molar-refractivity contribution in [3.05, 3.63) is 24.3 Å². The molecule has 2 aromatic heterocycles. The number of carbonyl (C=O) groups excluding carboxylic acids is 2. The summed E-state index contributed by atoms with van der Waals surface area (Å²) in [6, 6.07) is 3.20. The molecule has 0 bridgehead atoms. The molecule has 2 amide bonds. The van der Waals surface area contributed by atoms with Gasteiger partial charge in [-0.05, 0) is 18.9 Å². The van der Waals surface area contributed by atoms with E-state index in [1.807, 2.05) is 0 Å². The number of nitrogens with one attached hydrogen (secondary N) is 1. The van der Waals surface area contributed by atoms with Crippen LogP contribution in [0.25, 0.3) is 5.78 Å². The molecule has 1 atom stereocenters. The number of carbonyl (C=O) groups is 2. The van der Waals surface area contributed by atoms with Crippen molar-refractivity contribution in [1.82, 2.24) is 29.8 Å². The van der Waals surface area contributed by atoms with E-state index in [-0.39, 0.29) is 18.1 Å². The highest BCUT2D eigenvalue weighted by Gasteiger charge is 2.28. The van der Waals surface area contributed by atoms with E-state index in [2.05, 4.69) is 26.5 Å². The molecule has 0 aliphatic carbocycles. The molecule has 3 rings (SSSR count). The van der Waals surface area contributed by atoms with E-state index >= 15 is 0 Å². The molecular formula is C13H13N7O2. The third kappa shape index (κ3) is 2.46. The molecule has 9 heteroatoms. The molecule has 3 heterocycles. The molecule has 1 N–H and O–H groups in total. The Bertz CT molecular complexity index is 763. The molecule has 2 aromatic rings. The highest BCUT2D eigenvalue weighted by Crippen LogP contribution is 2.16. The van der Waals surface area contributed by atoms with Gasteiger partial charge >= 0.3 is 0 Å². The van der Waals surface area contributed by atoms with Crippen molar-refractivity contribution in [2.24, 2.45) is 0 Å². The Labute approximate surface area is 125 Å². The van der Waals surface area contributed by atoms with Gasteiger partial charge in [0.05, 0.1) is 12.6 Å². The highest BCUT2D eigenvalue weighted by atomic mass is 16.2. The molecule has 1 fully saturated rings. The zero-order chi connectivity index (χ0) is 15.5. The SMILES string of the molecule is N#CC1CCCN1C(=O)CNC(=O)c1ccnc2ncnn12. The summed E-state index contributed by atoms with van der Waals surface area (Å²) in [6.45, 7) is 0.394. The third-order valence-electron chi connectivity index (χ3n) is 3.54. The lowest BCUT2D eigenvalue weighted by atomic mass is 10.2. The zero-order valence-electron chi connectivity index (χ0n) is 11.6. The predicted octanol–water partition coefficient (Wildman–Crippen LogP) is -0.631. The highest BCUT2D eigenvalue weighted by molar-refractivity contribution is 5.95. The van der Waals surface area contributed by atoms with Crippen molar-refractivity contribution in [1.29, 1.82) is 5.26 Å². The topological polar surface area (TPSA) is 116 Å². The van der Waals surface area contributed by atoms with Gasteiger partial charge in [-0.1, -0.05) is 0 Å². The minimum atomic E-state index is -0.445. The Balaban J connectivity index is 1.67. The second-order valence-corrected chi connectivity index (χ2v) is 4.86. The summed E-state index contributed by atoms with van der Waals surface area (Å²) < 4.78 is 1.30. The molecule has 0 saturated carbocycles. The molecule has 0 aromatic carbocycles. The lowest BCUT2D eigenvalue weighted by Crippen LogP contribution is -2.42. The van der Waals surface area contributed by atoms with Gasteiger partial charge in [-0.3, -0.25) is 9.59 Å². The smallest absolute Gasteiger partial charge is 0.270 e. The first-order valence-corrected chi connectivity index (χ1v) is 6.82. The molecular weight excluding hydrogens is 286 g/mol. The van der Waals surface area contributed by atoms with Crippen molar-refractivity contribution >= 4 is 17.6 Å². The average molecular weight is 299 g/mol. The van der Waals surface area contributed by atoms with Crippen LogP contribution < -0.4 is 5.32 Å². The van der Waals surface area contributed by atoms with Crippen molar-refractivity contribution in [2.75, 3.05) is 13.1 Å². The van der Waals surface area contributed by atoms with Crippen LogP contribution in [-0.4, -0.2) is 55.4 Å². The maximum absolute atomic E-state index is 12.2. The summed E-state index contributed by atoms with van der Waals surface area (Å²) in [5.74, 6) is -0.400. The third-order valence-corrected chi connectivity index (χ3v) is 3.54. The molecule has 1 aliphatic heterocycles. The second kappa shape index (κ2) is 5.77. The normalized spacial score (nSPS) is 17.4. The van der Waals surface area contributed by atoms with E-state index in [1.165, 1.54) is 28.0 Å². The van der Waals surface area contributed by atoms with Crippen LogP contribution in [0.5, 0.6) is 0 Å².